The predicted octanol–water partition coefficient (Wildman–Crippen LogP) is 2.73. The van der Waals surface area contributed by atoms with Crippen LogP contribution in [-0.4, -0.2) is 59.3 Å². The maximum absolute atomic E-state index is 13.7. The van der Waals surface area contributed by atoms with E-state index in [2.05, 4.69) is 16.1 Å². The highest BCUT2D eigenvalue weighted by Gasteiger charge is 2.30. The van der Waals surface area contributed by atoms with E-state index in [1.165, 1.54) is 18.2 Å². The van der Waals surface area contributed by atoms with Crippen LogP contribution in [0.4, 0.5) is 10.1 Å². The molecular weight excluding hydrogens is 499 g/mol. The molecule has 2 aromatic carbocycles. The number of benzene rings is 2. The summed E-state index contributed by atoms with van der Waals surface area (Å²) in [7, 11) is 0. The molecular formula is C26H24ClFN6O3. The van der Waals surface area contributed by atoms with Crippen molar-refractivity contribution >= 4 is 29.1 Å². The number of ether oxygens (including phenoxy) is 1. The molecule has 1 saturated heterocycles. The zero-order chi connectivity index (χ0) is 26.1. The third kappa shape index (κ3) is 4.88. The summed E-state index contributed by atoms with van der Waals surface area (Å²) in [6, 6.07) is 11.7. The highest BCUT2D eigenvalue weighted by Crippen LogP contribution is 2.31. The molecule has 3 aromatic rings. The van der Waals surface area contributed by atoms with Gasteiger partial charge in [-0.2, -0.15) is 10.4 Å². The molecule has 5 rings (SSSR count). The highest BCUT2D eigenvalue weighted by atomic mass is 35.5. The van der Waals surface area contributed by atoms with Crippen LogP contribution in [0.5, 0.6) is 0 Å². The third-order valence-electron chi connectivity index (χ3n) is 6.66. The molecule has 2 N–H and O–H groups in total. The van der Waals surface area contributed by atoms with Gasteiger partial charge in [-0.3, -0.25) is 14.3 Å². The molecule has 1 aromatic heterocycles. The van der Waals surface area contributed by atoms with Gasteiger partial charge in [0.1, 0.15) is 17.6 Å². The van der Waals surface area contributed by atoms with Crippen molar-refractivity contribution in [3.8, 4) is 17.3 Å². The number of hydrogen-bond acceptors (Lipinski definition) is 6. The van der Waals surface area contributed by atoms with Crippen LogP contribution in [0.3, 0.4) is 0 Å². The quantitative estimate of drug-likeness (QED) is 0.550. The van der Waals surface area contributed by atoms with Gasteiger partial charge >= 0.3 is 0 Å². The molecule has 0 atom stereocenters. The molecule has 2 aliphatic rings. The number of anilines is 1. The number of nitriles is 1. The second kappa shape index (κ2) is 10.2. The molecule has 0 radical (unpaired) electrons. The van der Waals surface area contributed by atoms with Gasteiger partial charge in [-0.1, -0.05) is 17.7 Å². The number of carbonyl (C=O) groups is 2. The predicted molar refractivity (Wildman–Crippen MR) is 134 cm³/mol. The van der Waals surface area contributed by atoms with Gasteiger partial charge in [-0.25, -0.2) is 4.39 Å². The lowest BCUT2D eigenvalue weighted by Gasteiger charge is -2.30. The van der Waals surface area contributed by atoms with Crippen LogP contribution in [0.15, 0.2) is 36.4 Å². The third-order valence-corrected chi connectivity index (χ3v) is 6.95. The SMILES string of the molecule is N#Cc1ccc(CC(=O)N2CCn3nc(-c4ccc(F)c(Cl)c4)c(C(N)=O)c3C2)cc1N1CCOCC1. The number of nitrogens with zero attached hydrogens (tertiary/aromatic N) is 5. The van der Waals surface area contributed by atoms with Crippen molar-refractivity contribution in [1.82, 2.24) is 14.7 Å². The summed E-state index contributed by atoms with van der Waals surface area (Å²) in [6.45, 7) is 3.48. The molecule has 190 valence electrons. The first kappa shape index (κ1) is 24.7. The maximum atomic E-state index is 13.7. The number of morpholine rings is 1. The van der Waals surface area contributed by atoms with E-state index in [1.807, 2.05) is 6.07 Å². The van der Waals surface area contributed by atoms with Crippen LogP contribution in [0, 0.1) is 17.1 Å². The molecule has 9 nitrogen and oxygen atoms in total. The minimum Gasteiger partial charge on any atom is -0.378 e. The molecule has 0 spiro atoms. The summed E-state index contributed by atoms with van der Waals surface area (Å²) < 4.78 is 20.8. The highest BCUT2D eigenvalue weighted by molar-refractivity contribution is 6.31. The number of carbonyl (C=O) groups excluding carboxylic acids is 2. The van der Waals surface area contributed by atoms with Crippen LogP contribution in [0.1, 0.15) is 27.2 Å². The Hall–Kier alpha value is -3.94. The second-order valence-corrected chi connectivity index (χ2v) is 9.35. The summed E-state index contributed by atoms with van der Waals surface area (Å²) in [5, 5.41) is 14.0. The van der Waals surface area contributed by atoms with Crippen LogP contribution in [0.25, 0.3) is 11.3 Å². The lowest BCUT2D eigenvalue weighted by molar-refractivity contribution is -0.132. The Labute approximate surface area is 217 Å². The molecule has 0 bridgehead atoms. The van der Waals surface area contributed by atoms with Gasteiger partial charge < -0.3 is 20.3 Å². The second-order valence-electron chi connectivity index (χ2n) is 8.94. The lowest BCUT2D eigenvalue weighted by atomic mass is 10.0. The Morgan fingerprint density at radius 3 is 2.62 bits per heavy atom. The van der Waals surface area contributed by atoms with E-state index in [4.69, 9.17) is 22.1 Å². The van der Waals surface area contributed by atoms with Gasteiger partial charge in [-0.05, 0) is 35.9 Å². The summed E-state index contributed by atoms with van der Waals surface area (Å²) in [5.41, 5.74) is 9.34. The topological polar surface area (TPSA) is 117 Å². The Morgan fingerprint density at radius 2 is 1.92 bits per heavy atom. The van der Waals surface area contributed by atoms with Crippen molar-refractivity contribution < 1.29 is 18.7 Å². The van der Waals surface area contributed by atoms with E-state index >= 15 is 0 Å². The van der Waals surface area contributed by atoms with E-state index in [0.717, 1.165) is 11.3 Å². The van der Waals surface area contributed by atoms with E-state index in [1.54, 1.807) is 21.7 Å². The fourth-order valence-corrected chi connectivity index (χ4v) is 4.95. The van der Waals surface area contributed by atoms with E-state index in [9.17, 15) is 19.2 Å². The van der Waals surface area contributed by atoms with E-state index in [-0.39, 0.29) is 29.5 Å². The minimum atomic E-state index is -0.687. The average molecular weight is 523 g/mol. The first-order chi connectivity index (χ1) is 17.9. The van der Waals surface area contributed by atoms with Crippen molar-refractivity contribution in [2.75, 3.05) is 37.7 Å². The van der Waals surface area contributed by atoms with Gasteiger partial charge in [0, 0.05) is 25.2 Å². The molecule has 3 heterocycles. The molecule has 0 aliphatic carbocycles. The molecule has 0 saturated carbocycles. The van der Waals surface area contributed by atoms with Crippen molar-refractivity contribution in [1.29, 1.82) is 5.26 Å². The van der Waals surface area contributed by atoms with Crippen LogP contribution < -0.4 is 10.6 Å². The molecule has 2 aliphatic heterocycles. The minimum absolute atomic E-state index is 0.0884. The number of rotatable bonds is 5. The number of amides is 2. The summed E-state index contributed by atoms with van der Waals surface area (Å²) in [4.78, 5) is 29.5. The first-order valence-electron chi connectivity index (χ1n) is 11.8. The molecule has 37 heavy (non-hydrogen) atoms. The summed E-state index contributed by atoms with van der Waals surface area (Å²) in [6.07, 6.45) is 0.142. The summed E-state index contributed by atoms with van der Waals surface area (Å²) >= 11 is 5.94. The van der Waals surface area contributed by atoms with Crippen molar-refractivity contribution in [3.63, 3.8) is 0 Å². The Bertz CT molecular complexity index is 1430. The van der Waals surface area contributed by atoms with E-state index < -0.39 is 11.7 Å². The number of nitrogens with two attached hydrogens (primary N) is 1. The molecule has 1 fully saturated rings. The van der Waals surface area contributed by atoms with E-state index in [0.29, 0.717) is 61.9 Å². The fourth-order valence-electron chi connectivity index (χ4n) is 4.77. The number of fused-ring (bicyclic) bond motifs is 1. The Balaban J connectivity index is 1.38. The molecule has 11 heteroatoms. The van der Waals surface area contributed by atoms with Crippen molar-refractivity contribution in [3.05, 3.63) is 69.6 Å². The number of halogens is 2. The Morgan fingerprint density at radius 1 is 1.14 bits per heavy atom. The monoisotopic (exact) mass is 522 g/mol. The Kier molecular flexibility index (Phi) is 6.82. The number of aromatic nitrogens is 2. The van der Waals surface area contributed by atoms with Crippen LogP contribution in [0.2, 0.25) is 5.02 Å². The van der Waals surface area contributed by atoms with Gasteiger partial charge in [0.15, 0.2) is 0 Å². The van der Waals surface area contributed by atoms with Crippen LogP contribution >= 0.6 is 11.6 Å². The normalized spacial score (nSPS) is 15.3. The average Bonchev–Trinajstić information content (AvgIpc) is 3.30. The fraction of sp³-hybridized carbons (Fsp3) is 0.308. The lowest BCUT2D eigenvalue weighted by Crippen LogP contribution is -2.40. The molecule has 2 amide bonds. The van der Waals surface area contributed by atoms with Crippen LogP contribution in [-0.2, 0) is 29.0 Å². The van der Waals surface area contributed by atoms with Gasteiger partial charge in [-0.15, -0.1) is 0 Å². The largest absolute Gasteiger partial charge is 0.378 e. The number of primary amides is 1. The van der Waals surface area contributed by atoms with Crippen molar-refractivity contribution in [2.45, 2.75) is 19.5 Å². The first-order valence-corrected chi connectivity index (χ1v) is 12.2. The summed E-state index contributed by atoms with van der Waals surface area (Å²) in [5.74, 6) is -1.38. The smallest absolute Gasteiger partial charge is 0.252 e. The zero-order valence-electron chi connectivity index (χ0n) is 19.9. The van der Waals surface area contributed by atoms with Gasteiger partial charge in [0.25, 0.3) is 5.91 Å². The molecule has 0 unspecified atom stereocenters. The standard InChI is InChI=1S/C26H24ClFN6O3/c27-19-13-17(3-4-20(19)28)25-24(26(30)36)22-15-33(5-6-34(22)31-25)23(35)12-16-1-2-18(14-29)21(11-16)32-7-9-37-10-8-32/h1-4,11,13H,5-10,12,15H2,(H2,30,36). The van der Waals surface area contributed by atoms with Crippen molar-refractivity contribution in [2.24, 2.45) is 5.73 Å². The maximum Gasteiger partial charge on any atom is 0.252 e. The van der Waals surface area contributed by atoms with Gasteiger partial charge in [0.2, 0.25) is 5.91 Å². The van der Waals surface area contributed by atoms with Gasteiger partial charge in [0.05, 0.1) is 60.3 Å². The zero-order valence-corrected chi connectivity index (χ0v) is 20.7. The number of hydrogen-bond donors (Lipinski definition) is 1.